The monoisotopic (exact) mass is 386 g/mol. The minimum atomic E-state index is -1.03. The molecule has 1 aliphatic carbocycles. The predicted molar refractivity (Wildman–Crippen MR) is 108 cm³/mol. The van der Waals surface area contributed by atoms with Gasteiger partial charge in [0.25, 0.3) is 0 Å². The lowest BCUT2D eigenvalue weighted by atomic mass is 9.66. The number of nitrogens with one attached hydrogen (secondary N) is 1. The molecule has 0 unspecified atom stereocenters. The van der Waals surface area contributed by atoms with Gasteiger partial charge in [-0.1, -0.05) is 19.1 Å². The Kier molecular flexibility index (Phi) is 7.09. The van der Waals surface area contributed by atoms with E-state index in [1.807, 2.05) is 13.8 Å². The van der Waals surface area contributed by atoms with E-state index in [1.165, 1.54) is 18.3 Å². The zero-order valence-corrected chi connectivity index (χ0v) is 16.6. The van der Waals surface area contributed by atoms with Crippen molar-refractivity contribution in [1.82, 2.24) is 15.2 Å². The van der Waals surface area contributed by atoms with Crippen LogP contribution in [-0.2, 0) is 10.2 Å². The van der Waals surface area contributed by atoms with E-state index < -0.39 is 5.97 Å². The number of aromatic nitrogens is 1. The summed E-state index contributed by atoms with van der Waals surface area (Å²) in [6, 6.07) is 3.04. The number of halogens is 1. The van der Waals surface area contributed by atoms with E-state index in [9.17, 15) is 9.18 Å². The van der Waals surface area contributed by atoms with Crippen molar-refractivity contribution in [2.75, 3.05) is 13.6 Å². The maximum absolute atomic E-state index is 14.2. The molecule has 2 N–H and O–H groups in total. The molecule has 0 radical (unpaired) electrons. The quantitative estimate of drug-likeness (QED) is 0.309. The molecule has 6 nitrogen and oxygen atoms in total. The normalized spacial score (nSPS) is 16.9. The molecule has 150 valence electrons. The Morgan fingerprint density at radius 1 is 1.50 bits per heavy atom. The van der Waals surface area contributed by atoms with E-state index in [0.717, 1.165) is 25.0 Å². The number of rotatable bonds is 8. The number of nitrogens with zero attached hydrogens (tertiary/aromatic N) is 3. The van der Waals surface area contributed by atoms with E-state index in [1.54, 1.807) is 30.4 Å². The molecule has 0 spiro atoms. The van der Waals surface area contributed by atoms with Crippen LogP contribution in [0.5, 0.6) is 0 Å². The summed E-state index contributed by atoms with van der Waals surface area (Å²) < 4.78 is 14.2. The lowest BCUT2D eigenvalue weighted by Gasteiger charge is -2.40. The van der Waals surface area contributed by atoms with Crippen LogP contribution in [-0.4, -0.2) is 40.4 Å². The van der Waals surface area contributed by atoms with Gasteiger partial charge in [0.2, 0.25) is 0 Å². The SMILES string of the molecule is C=C/C(=C\N(C)/C(C)=C/NC(C)=NCC1(c2ncccc2F)CCC1)C(=O)O. The lowest BCUT2D eigenvalue weighted by molar-refractivity contribution is -0.132. The van der Waals surface area contributed by atoms with Crippen molar-refractivity contribution < 1.29 is 14.3 Å². The van der Waals surface area contributed by atoms with Crippen molar-refractivity contribution >= 4 is 11.8 Å². The molecule has 1 fully saturated rings. The smallest absolute Gasteiger partial charge is 0.337 e. The molecule has 28 heavy (non-hydrogen) atoms. The molecular weight excluding hydrogens is 359 g/mol. The third-order valence-electron chi connectivity index (χ3n) is 5.04. The average molecular weight is 386 g/mol. The molecule has 2 rings (SSSR count). The predicted octanol–water partition coefficient (Wildman–Crippen LogP) is 3.60. The van der Waals surface area contributed by atoms with Gasteiger partial charge in [0.15, 0.2) is 0 Å². The molecule has 0 aromatic carbocycles. The Bertz CT molecular complexity index is 825. The van der Waals surface area contributed by atoms with Gasteiger partial charge < -0.3 is 15.3 Å². The van der Waals surface area contributed by atoms with Gasteiger partial charge in [-0.05, 0) is 38.8 Å². The Morgan fingerprint density at radius 3 is 2.75 bits per heavy atom. The number of hydrogen-bond acceptors (Lipinski definition) is 4. The second-order valence-corrected chi connectivity index (χ2v) is 7.00. The molecule has 1 heterocycles. The number of carboxylic acid groups (broad SMARTS) is 1. The van der Waals surface area contributed by atoms with Crippen molar-refractivity contribution in [1.29, 1.82) is 0 Å². The van der Waals surface area contributed by atoms with Crippen LogP contribution in [0.2, 0.25) is 0 Å². The van der Waals surface area contributed by atoms with Gasteiger partial charge in [0.1, 0.15) is 5.82 Å². The Morgan fingerprint density at radius 2 is 2.21 bits per heavy atom. The third-order valence-corrected chi connectivity index (χ3v) is 5.04. The van der Waals surface area contributed by atoms with Crippen LogP contribution in [0.3, 0.4) is 0 Å². The van der Waals surface area contributed by atoms with Gasteiger partial charge >= 0.3 is 5.97 Å². The second kappa shape index (κ2) is 9.30. The van der Waals surface area contributed by atoms with Gasteiger partial charge in [0, 0.05) is 36.8 Å². The molecule has 0 bridgehead atoms. The van der Waals surface area contributed by atoms with Gasteiger partial charge in [-0.3, -0.25) is 9.98 Å². The Labute approximate surface area is 165 Å². The highest BCUT2D eigenvalue weighted by molar-refractivity contribution is 5.89. The number of carbonyl (C=O) groups is 1. The standard InChI is InChI=1S/C21H27FN4O2/c1-5-17(20(27)28)13-26(4)15(2)12-24-16(3)25-14-21(9-7-10-21)19-18(22)8-6-11-23-19/h5-6,8,11-13H,1,7,9-10,14H2,2-4H3,(H,24,25)(H,27,28)/b15-12+,17-13+. The van der Waals surface area contributed by atoms with E-state index >= 15 is 0 Å². The zero-order valence-electron chi connectivity index (χ0n) is 16.6. The van der Waals surface area contributed by atoms with Gasteiger partial charge in [-0.25, -0.2) is 9.18 Å². The summed E-state index contributed by atoms with van der Waals surface area (Å²) in [5, 5.41) is 12.2. The van der Waals surface area contributed by atoms with Crippen LogP contribution in [0.25, 0.3) is 0 Å². The summed E-state index contributed by atoms with van der Waals surface area (Å²) in [5.41, 5.74) is 1.07. The molecule has 0 aliphatic heterocycles. The molecule has 1 aromatic heterocycles. The highest BCUT2D eigenvalue weighted by Gasteiger charge is 2.41. The van der Waals surface area contributed by atoms with Crippen LogP contribution in [0.15, 0.2) is 59.6 Å². The zero-order chi connectivity index (χ0) is 20.7. The van der Waals surface area contributed by atoms with Gasteiger partial charge in [-0.2, -0.15) is 0 Å². The maximum atomic E-state index is 14.2. The molecule has 0 atom stereocenters. The first-order valence-corrected chi connectivity index (χ1v) is 9.15. The first kappa shape index (κ1) is 21.3. The number of pyridine rings is 1. The Hall–Kier alpha value is -2.96. The van der Waals surface area contributed by atoms with E-state index in [-0.39, 0.29) is 16.8 Å². The molecule has 0 saturated heterocycles. The van der Waals surface area contributed by atoms with Crippen LogP contribution in [0, 0.1) is 5.82 Å². The van der Waals surface area contributed by atoms with E-state index in [2.05, 4.69) is 21.9 Å². The minimum absolute atomic E-state index is 0.102. The van der Waals surface area contributed by atoms with Crippen molar-refractivity contribution in [3.05, 3.63) is 66.2 Å². The maximum Gasteiger partial charge on any atom is 0.337 e. The molecule has 1 saturated carbocycles. The van der Waals surface area contributed by atoms with Crippen LogP contribution >= 0.6 is 0 Å². The summed E-state index contributed by atoms with van der Waals surface area (Å²) in [7, 11) is 1.75. The first-order chi connectivity index (χ1) is 13.3. The molecular formula is C21H27FN4O2. The first-order valence-electron chi connectivity index (χ1n) is 9.15. The van der Waals surface area contributed by atoms with Crippen LogP contribution in [0.4, 0.5) is 4.39 Å². The number of aliphatic carboxylic acids is 1. The number of aliphatic imine (C=N–C) groups is 1. The number of amidine groups is 1. The van der Waals surface area contributed by atoms with Crippen molar-refractivity contribution in [2.24, 2.45) is 4.99 Å². The van der Waals surface area contributed by atoms with Crippen molar-refractivity contribution in [3.63, 3.8) is 0 Å². The van der Waals surface area contributed by atoms with E-state index in [4.69, 9.17) is 5.11 Å². The van der Waals surface area contributed by atoms with Gasteiger partial charge in [0.05, 0.1) is 23.6 Å². The molecule has 1 aliphatic rings. The molecule has 0 amide bonds. The summed E-state index contributed by atoms with van der Waals surface area (Å²) in [6.45, 7) is 7.66. The van der Waals surface area contributed by atoms with Crippen LogP contribution in [0.1, 0.15) is 38.8 Å². The summed E-state index contributed by atoms with van der Waals surface area (Å²) in [6.07, 6.45) is 8.94. The highest BCUT2D eigenvalue weighted by Crippen LogP contribution is 2.43. The van der Waals surface area contributed by atoms with Gasteiger partial charge in [-0.15, -0.1) is 0 Å². The lowest BCUT2D eigenvalue weighted by Crippen LogP contribution is -2.39. The molecule has 7 heteroatoms. The fourth-order valence-corrected chi connectivity index (χ4v) is 2.98. The highest BCUT2D eigenvalue weighted by atomic mass is 19.1. The number of hydrogen-bond donors (Lipinski definition) is 2. The number of allylic oxidation sites excluding steroid dienone is 1. The van der Waals surface area contributed by atoms with Crippen molar-refractivity contribution in [2.45, 2.75) is 38.5 Å². The van der Waals surface area contributed by atoms with E-state index in [0.29, 0.717) is 18.1 Å². The molecule has 1 aromatic rings. The minimum Gasteiger partial charge on any atom is -0.478 e. The topological polar surface area (TPSA) is 77.8 Å². The fourth-order valence-electron chi connectivity index (χ4n) is 2.98. The number of carboxylic acids is 1. The Balaban J connectivity index is 2.04. The summed E-state index contributed by atoms with van der Waals surface area (Å²) in [4.78, 5) is 21.6. The summed E-state index contributed by atoms with van der Waals surface area (Å²) >= 11 is 0. The fraction of sp³-hybridized carbons (Fsp3) is 0.381. The third kappa shape index (κ3) is 5.06. The largest absolute Gasteiger partial charge is 0.478 e. The average Bonchev–Trinajstić information content (AvgIpc) is 2.63. The second-order valence-electron chi connectivity index (χ2n) is 7.00. The van der Waals surface area contributed by atoms with Crippen molar-refractivity contribution in [3.8, 4) is 0 Å². The van der Waals surface area contributed by atoms with Crippen LogP contribution < -0.4 is 5.32 Å². The summed E-state index contributed by atoms with van der Waals surface area (Å²) in [5.74, 6) is -0.613.